The van der Waals surface area contributed by atoms with E-state index in [2.05, 4.69) is 170 Å². The number of fused-ring (bicyclic) bond motifs is 2. The Kier molecular flexibility index (Phi) is 9.74. The predicted molar refractivity (Wildman–Crippen MR) is 256 cm³/mol. The van der Waals surface area contributed by atoms with Gasteiger partial charge in [-0.15, -0.1) is 0 Å². The van der Waals surface area contributed by atoms with Crippen LogP contribution in [0.2, 0.25) is 0 Å². The second kappa shape index (κ2) is 16.1. The molecule has 2 aromatic heterocycles. The van der Waals surface area contributed by atoms with Crippen LogP contribution in [0.4, 0.5) is 0 Å². The summed E-state index contributed by atoms with van der Waals surface area (Å²) in [5, 5.41) is 4.75. The Morgan fingerprint density at radius 3 is 1.15 bits per heavy atom. The van der Waals surface area contributed by atoms with Crippen LogP contribution in [0.1, 0.15) is 43.2 Å². The van der Waals surface area contributed by atoms with Crippen molar-refractivity contribution in [1.82, 2.24) is 19.9 Å². The lowest BCUT2D eigenvalue weighted by molar-refractivity contribution is 0.346. The first-order chi connectivity index (χ1) is 30.7. The lowest BCUT2D eigenvalue weighted by Crippen LogP contribution is -2.30. The maximum Gasteiger partial charge on any atom is 0.160 e. The van der Waals surface area contributed by atoms with Gasteiger partial charge in [0, 0.05) is 38.8 Å². The minimum absolute atomic E-state index is 0.0840. The second-order valence-electron chi connectivity index (χ2n) is 16.5. The minimum Gasteiger partial charge on any atom is -0.228 e. The van der Waals surface area contributed by atoms with Gasteiger partial charge >= 0.3 is 0 Å². The normalized spacial score (nSPS) is 13.6. The molecule has 0 atom stereocenters. The molecule has 4 heteroatoms. The highest BCUT2D eigenvalue weighted by Gasteiger charge is 2.36. The Morgan fingerprint density at radius 1 is 0.306 bits per heavy atom. The molecule has 1 aliphatic carbocycles. The van der Waals surface area contributed by atoms with Crippen LogP contribution in [-0.4, -0.2) is 19.9 Å². The largest absolute Gasteiger partial charge is 0.228 e. The molecular formula is C58H44N4. The molecule has 0 N–H and O–H groups in total. The van der Waals surface area contributed by atoms with E-state index in [0.29, 0.717) is 0 Å². The molecule has 0 bridgehead atoms. The first-order valence-corrected chi connectivity index (χ1v) is 21.8. The van der Waals surface area contributed by atoms with Gasteiger partial charge in [-0.3, -0.25) is 0 Å². The Balaban J connectivity index is 0.966. The lowest BCUT2D eigenvalue weighted by atomic mass is 9.65. The van der Waals surface area contributed by atoms with Crippen LogP contribution < -0.4 is 0 Å². The van der Waals surface area contributed by atoms with Gasteiger partial charge in [0.25, 0.3) is 0 Å². The van der Waals surface area contributed by atoms with Gasteiger partial charge in [0.05, 0.1) is 22.8 Å². The van der Waals surface area contributed by atoms with Crippen molar-refractivity contribution in [2.45, 2.75) is 37.5 Å². The summed E-state index contributed by atoms with van der Waals surface area (Å²) in [5.74, 6) is 1.45. The highest BCUT2D eigenvalue weighted by atomic mass is 14.9. The standard InChI is InChI=1S/C58H44N4/c1-4-18-44(19-5-1)56-59-52(38-54(61-56)50-26-14-22-40-16-8-10-24-48(40)50)42-28-32-46(33-29-42)58(36-12-3-13-37-58)47-34-30-43(31-35-47)53-39-55(62-57(60-53)45-20-6-2-7-21-45)51-27-15-23-41-17-9-11-25-49(41)51/h1-2,4-11,14-35,38-39H,3,12-13,36-37H2. The molecule has 0 saturated heterocycles. The number of hydrogen-bond donors (Lipinski definition) is 0. The second-order valence-corrected chi connectivity index (χ2v) is 16.5. The fraction of sp³-hybridized carbons (Fsp3) is 0.103. The molecule has 1 fully saturated rings. The summed E-state index contributed by atoms with van der Waals surface area (Å²) in [6.07, 6.45) is 5.88. The Labute approximate surface area is 362 Å². The van der Waals surface area contributed by atoms with Crippen LogP contribution >= 0.6 is 0 Å². The van der Waals surface area contributed by atoms with E-state index in [-0.39, 0.29) is 5.41 Å². The fourth-order valence-electron chi connectivity index (χ4n) is 9.62. The van der Waals surface area contributed by atoms with E-state index in [1.807, 2.05) is 36.4 Å². The van der Waals surface area contributed by atoms with E-state index in [1.54, 1.807) is 0 Å². The number of hydrogen-bond acceptors (Lipinski definition) is 4. The van der Waals surface area contributed by atoms with E-state index in [9.17, 15) is 0 Å². The summed E-state index contributed by atoms with van der Waals surface area (Å²) in [4.78, 5) is 20.7. The maximum absolute atomic E-state index is 5.18. The van der Waals surface area contributed by atoms with Gasteiger partial charge in [0.1, 0.15) is 0 Å². The molecular weight excluding hydrogens is 753 g/mol. The van der Waals surface area contributed by atoms with Crippen LogP contribution in [0.25, 0.3) is 89.4 Å². The minimum atomic E-state index is -0.0840. The highest BCUT2D eigenvalue weighted by molar-refractivity contribution is 5.97. The van der Waals surface area contributed by atoms with Crippen LogP contribution in [0.3, 0.4) is 0 Å². The average Bonchev–Trinajstić information content (AvgIpc) is 3.36. The number of benzene rings is 8. The summed E-state index contributed by atoms with van der Waals surface area (Å²) in [6, 6.07) is 73.3. The lowest BCUT2D eigenvalue weighted by Gasteiger charge is -2.39. The van der Waals surface area contributed by atoms with Gasteiger partial charge in [0.2, 0.25) is 0 Å². The van der Waals surface area contributed by atoms with Crippen molar-refractivity contribution in [3.8, 4) is 67.8 Å². The first-order valence-electron chi connectivity index (χ1n) is 21.8. The van der Waals surface area contributed by atoms with Crippen molar-refractivity contribution in [3.63, 3.8) is 0 Å². The molecule has 11 rings (SSSR count). The molecule has 1 saturated carbocycles. The zero-order valence-corrected chi connectivity index (χ0v) is 34.5. The zero-order chi connectivity index (χ0) is 41.3. The first kappa shape index (κ1) is 37.4. The zero-order valence-electron chi connectivity index (χ0n) is 34.5. The monoisotopic (exact) mass is 796 g/mol. The molecule has 0 radical (unpaired) electrons. The van der Waals surface area contributed by atoms with Crippen molar-refractivity contribution in [3.05, 3.63) is 217 Å². The average molecular weight is 797 g/mol. The van der Waals surface area contributed by atoms with Gasteiger partial charge in [-0.1, -0.05) is 213 Å². The van der Waals surface area contributed by atoms with Crippen molar-refractivity contribution >= 4 is 21.5 Å². The third kappa shape index (κ3) is 7.04. The molecule has 1 aliphatic rings. The Morgan fingerprint density at radius 2 is 0.694 bits per heavy atom. The summed E-state index contributed by atoms with van der Waals surface area (Å²) in [7, 11) is 0. The smallest absolute Gasteiger partial charge is 0.160 e. The molecule has 2 heterocycles. The Bertz CT molecular complexity index is 2970. The van der Waals surface area contributed by atoms with Crippen molar-refractivity contribution in [1.29, 1.82) is 0 Å². The van der Waals surface area contributed by atoms with Crippen molar-refractivity contribution < 1.29 is 0 Å². The van der Waals surface area contributed by atoms with Gasteiger partial charge in [0.15, 0.2) is 11.6 Å². The van der Waals surface area contributed by atoms with Crippen LogP contribution in [-0.2, 0) is 5.41 Å². The molecule has 0 amide bonds. The SMILES string of the molecule is c1ccc(-c2nc(-c3ccc(C4(c5ccc(-c6cc(-c7cccc8ccccc78)nc(-c7ccccc7)n6)cc5)CCCCC4)cc3)cc(-c3cccc4ccccc34)n2)cc1. The summed E-state index contributed by atoms with van der Waals surface area (Å²) < 4.78 is 0. The molecule has 296 valence electrons. The highest BCUT2D eigenvalue weighted by Crippen LogP contribution is 2.46. The van der Waals surface area contributed by atoms with E-state index < -0.39 is 0 Å². The van der Waals surface area contributed by atoms with E-state index in [1.165, 1.54) is 51.9 Å². The van der Waals surface area contributed by atoms with Crippen molar-refractivity contribution in [2.24, 2.45) is 0 Å². The topological polar surface area (TPSA) is 51.6 Å². The molecule has 8 aromatic carbocycles. The van der Waals surface area contributed by atoms with Crippen molar-refractivity contribution in [2.75, 3.05) is 0 Å². The van der Waals surface area contributed by atoms with E-state index in [0.717, 1.165) is 80.6 Å². The molecule has 10 aromatic rings. The molecule has 62 heavy (non-hydrogen) atoms. The summed E-state index contributed by atoms with van der Waals surface area (Å²) in [6.45, 7) is 0. The van der Waals surface area contributed by atoms with Crippen LogP contribution in [0.15, 0.2) is 206 Å². The molecule has 0 spiro atoms. The van der Waals surface area contributed by atoms with Crippen LogP contribution in [0, 0.1) is 0 Å². The van der Waals surface area contributed by atoms with Gasteiger partial charge in [-0.2, -0.15) is 0 Å². The van der Waals surface area contributed by atoms with Gasteiger partial charge < -0.3 is 0 Å². The van der Waals surface area contributed by atoms with Gasteiger partial charge in [-0.25, -0.2) is 19.9 Å². The van der Waals surface area contributed by atoms with E-state index >= 15 is 0 Å². The quantitative estimate of drug-likeness (QED) is 0.154. The summed E-state index contributed by atoms with van der Waals surface area (Å²) in [5.41, 5.74) is 12.7. The van der Waals surface area contributed by atoms with Gasteiger partial charge in [-0.05, 0) is 57.6 Å². The number of rotatable bonds is 8. The molecule has 4 nitrogen and oxygen atoms in total. The number of aromatic nitrogens is 4. The fourth-order valence-corrected chi connectivity index (χ4v) is 9.62. The third-order valence-electron chi connectivity index (χ3n) is 12.8. The molecule has 0 aliphatic heterocycles. The summed E-state index contributed by atoms with van der Waals surface area (Å²) >= 11 is 0. The maximum atomic E-state index is 5.18. The van der Waals surface area contributed by atoms with Crippen LogP contribution in [0.5, 0.6) is 0 Å². The predicted octanol–water partition coefficient (Wildman–Crippen LogP) is 14.8. The Hall–Kier alpha value is -7.56. The molecule has 0 unspecified atom stereocenters. The van der Waals surface area contributed by atoms with E-state index in [4.69, 9.17) is 19.9 Å². The third-order valence-corrected chi connectivity index (χ3v) is 12.8. The number of nitrogens with zero attached hydrogens (tertiary/aromatic N) is 4.